The van der Waals surface area contributed by atoms with E-state index in [9.17, 15) is 23.7 Å². The molecule has 0 radical (unpaired) electrons. The Morgan fingerprint density at radius 3 is 2.57 bits per heavy atom. The van der Waals surface area contributed by atoms with E-state index in [1.54, 1.807) is 0 Å². The number of rotatable bonds is 6. The van der Waals surface area contributed by atoms with Crippen LogP contribution < -0.4 is 5.32 Å². The highest BCUT2D eigenvalue weighted by atomic mass is 19.3. The van der Waals surface area contributed by atoms with Gasteiger partial charge in [0, 0.05) is 32.3 Å². The maximum Gasteiger partial charge on any atom is 0.293 e. The van der Waals surface area contributed by atoms with Crippen LogP contribution in [-0.2, 0) is 0 Å². The highest BCUT2D eigenvalue weighted by molar-refractivity contribution is 5.95. The third-order valence-electron chi connectivity index (χ3n) is 2.64. The molecule has 0 spiro atoms. The van der Waals surface area contributed by atoms with Crippen LogP contribution >= 0.6 is 0 Å². The molecule has 21 heavy (non-hydrogen) atoms. The van der Waals surface area contributed by atoms with Crippen LogP contribution in [0.4, 0.5) is 20.2 Å². The molecule has 0 aliphatic heterocycles. The first-order valence-electron chi connectivity index (χ1n) is 5.94. The van der Waals surface area contributed by atoms with E-state index in [0.29, 0.717) is 0 Å². The molecule has 0 saturated carbocycles. The van der Waals surface area contributed by atoms with E-state index in [-0.39, 0.29) is 11.3 Å². The normalized spacial score (nSPS) is 12.1. The van der Waals surface area contributed by atoms with Crippen molar-refractivity contribution in [1.29, 1.82) is 0 Å². The van der Waals surface area contributed by atoms with Crippen molar-refractivity contribution in [2.75, 3.05) is 26.0 Å². The van der Waals surface area contributed by atoms with Crippen molar-refractivity contribution >= 4 is 17.3 Å². The second-order valence-electron chi connectivity index (χ2n) is 4.47. The molecular weight excluding hydrogens is 288 g/mol. The van der Waals surface area contributed by atoms with Crippen LogP contribution in [0, 0.1) is 10.1 Å². The molecule has 1 atom stereocenters. The Morgan fingerprint density at radius 1 is 1.48 bits per heavy atom. The van der Waals surface area contributed by atoms with Gasteiger partial charge in [-0.2, -0.15) is 0 Å². The molecular formula is C12H15F2N3O4. The Labute approximate surface area is 119 Å². The first-order chi connectivity index (χ1) is 9.73. The van der Waals surface area contributed by atoms with E-state index in [4.69, 9.17) is 5.11 Å². The minimum Gasteiger partial charge on any atom is -0.385 e. The van der Waals surface area contributed by atoms with Gasteiger partial charge in [-0.15, -0.1) is 0 Å². The number of hydrogen-bond donors (Lipinski definition) is 2. The van der Waals surface area contributed by atoms with Gasteiger partial charge >= 0.3 is 0 Å². The molecule has 0 bridgehead atoms. The lowest BCUT2D eigenvalue weighted by molar-refractivity contribution is -0.384. The van der Waals surface area contributed by atoms with Gasteiger partial charge in [0.25, 0.3) is 18.0 Å². The lowest BCUT2D eigenvalue weighted by atomic mass is 10.1. The van der Waals surface area contributed by atoms with Crippen molar-refractivity contribution in [2.24, 2.45) is 0 Å². The van der Waals surface area contributed by atoms with Crippen molar-refractivity contribution < 1.29 is 23.6 Å². The molecule has 0 aromatic heterocycles. The molecule has 0 saturated heterocycles. The summed E-state index contributed by atoms with van der Waals surface area (Å²) < 4.78 is 24.3. The zero-order valence-electron chi connectivity index (χ0n) is 11.4. The Hall–Kier alpha value is -2.29. The van der Waals surface area contributed by atoms with Gasteiger partial charge < -0.3 is 15.3 Å². The molecule has 2 N–H and O–H groups in total. The Morgan fingerprint density at radius 2 is 2.10 bits per heavy atom. The molecule has 0 fully saturated rings. The third-order valence-corrected chi connectivity index (χ3v) is 2.64. The predicted molar refractivity (Wildman–Crippen MR) is 71.6 cm³/mol. The van der Waals surface area contributed by atoms with Crippen LogP contribution in [0.15, 0.2) is 18.2 Å². The summed E-state index contributed by atoms with van der Waals surface area (Å²) in [7, 11) is 3.00. The number of halogens is 2. The molecule has 116 valence electrons. The first kappa shape index (κ1) is 16.8. The summed E-state index contributed by atoms with van der Waals surface area (Å²) in [6, 6.07) is 3.64. The number of hydrogen-bond acceptors (Lipinski definition) is 5. The molecule has 0 heterocycles. The van der Waals surface area contributed by atoms with E-state index in [2.05, 4.69) is 5.32 Å². The summed E-state index contributed by atoms with van der Waals surface area (Å²) in [4.78, 5) is 23.2. The minimum absolute atomic E-state index is 0.0463. The molecule has 9 heteroatoms. The summed E-state index contributed by atoms with van der Waals surface area (Å²) in [6.07, 6.45) is -4.89. The number of nitrogens with one attached hydrogen (secondary N) is 1. The molecule has 1 amide bonds. The lowest BCUT2D eigenvalue weighted by Gasteiger charge is -2.13. The van der Waals surface area contributed by atoms with E-state index >= 15 is 0 Å². The molecule has 0 aliphatic rings. The largest absolute Gasteiger partial charge is 0.385 e. The number of nitrogens with zero attached hydrogens (tertiary/aromatic N) is 2. The number of aliphatic hydroxyl groups is 1. The number of amides is 1. The van der Waals surface area contributed by atoms with Crippen LogP contribution in [0.5, 0.6) is 0 Å². The zero-order chi connectivity index (χ0) is 16.2. The Kier molecular flexibility index (Phi) is 5.53. The van der Waals surface area contributed by atoms with E-state index in [1.165, 1.54) is 31.1 Å². The standard InChI is InChI=1S/C12H15F2N3O4/c1-16(2)12(19)7-3-4-8(9(5-7)17(20)21)15-6-10(18)11(13)14/h3-5,10-11,15,18H,6H2,1-2H3. The molecule has 7 nitrogen and oxygen atoms in total. The van der Waals surface area contributed by atoms with Crippen LogP contribution in [-0.4, -0.2) is 54.0 Å². The van der Waals surface area contributed by atoms with Gasteiger partial charge in [0.2, 0.25) is 0 Å². The van der Waals surface area contributed by atoms with Gasteiger partial charge in [0.1, 0.15) is 11.8 Å². The molecule has 1 aromatic carbocycles. The monoisotopic (exact) mass is 303 g/mol. The maximum atomic E-state index is 12.2. The maximum absolute atomic E-state index is 12.2. The van der Waals surface area contributed by atoms with Crippen molar-refractivity contribution in [2.45, 2.75) is 12.5 Å². The first-order valence-corrected chi connectivity index (χ1v) is 5.94. The SMILES string of the molecule is CN(C)C(=O)c1ccc(NCC(O)C(F)F)c([N+](=O)[O-])c1. The van der Waals surface area contributed by atoms with Crippen molar-refractivity contribution in [3.63, 3.8) is 0 Å². The zero-order valence-corrected chi connectivity index (χ0v) is 11.4. The number of aliphatic hydroxyl groups excluding tert-OH is 1. The van der Waals surface area contributed by atoms with E-state index in [0.717, 1.165) is 6.07 Å². The van der Waals surface area contributed by atoms with Gasteiger partial charge in [-0.1, -0.05) is 0 Å². The average molecular weight is 303 g/mol. The molecule has 1 rings (SSSR count). The Balaban J connectivity index is 3.00. The summed E-state index contributed by atoms with van der Waals surface area (Å²) in [6.45, 7) is -0.542. The summed E-state index contributed by atoms with van der Waals surface area (Å²) in [5, 5.41) is 22.3. The van der Waals surface area contributed by atoms with E-state index < -0.39 is 35.6 Å². The summed E-state index contributed by atoms with van der Waals surface area (Å²) in [5.41, 5.74) is -0.370. The van der Waals surface area contributed by atoms with Crippen LogP contribution in [0.25, 0.3) is 0 Å². The van der Waals surface area contributed by atoms with Gasteiger partial charge in [0.05, 0.1) is 4.92 Å². The number of anilines is 1. The van der Waals surface area contributed by atoms with Gasteiger partial charge in [-0.05, 0) is 12.1 Å². The summed E-state index contributed by atoms with van der Waals surface area (Å²) in [5.74, 6) is -0.419. The quantitative estimate of drug-likeness (QED) is 0.610. The van der Waals surface area contributed by atoms with Crippen molar-refractivity contribution in [3.8, 4) is 0 Å². The number of alkyl halides is 2. The van der Waals surface area contributed by atoms with Crippen LogP contribution in [0.2, 0.25) is 0 Å². The van der Waals surface area contributed by atoms with E-state index in [1.807, 2.05) is 0 Å². The van der Waals surface area contributed by atoms with Crippen LogP contribution in [0.1, 0.15) is 10.4 Å². The number of nitro groups is 1. The molecule has 1 aromatic rings. The van der Waals surface area contributed by atoms with Gasteiger partial charge in [0.15, 0.2) is 0 Å². The fourth-order valence-corrected chi connectivity index (χ4v) is 1.53. The minimum atomic E-state index is -2.95. The predicted octanol–water partition coefficient (Wildman–Crippen LogP) is 1.33. The third kappa shape index (κ3) is 4.35. The summed E-state index contributed by atoms with van der Waals surface area (Å²) >= 11 is 0. The van der Waals surface area contributed by atoms with Gasteiger partial charge in [-0.25, -0.2) is 8.78 Å². The number of carbonyl (C=O) groups excluding carboxylic acids is 1. The molecule has 1 unspecified atom stereocenters. The number of benzene rings is 1. The van der Waals surface area contributed by atoms with Crippen molar-refractivity contribution in [3.05, 3.63) is 33.9 Å². The topological polar surface area (TPSA) is 95.7 Å². The second kappa shape index (κ2) is 6.93. The highest BCUT2D eigenvalue weighted by Crippen LogP contribution is 2.26. The Bertz CT molecular complexity index is 537. The number of nitro benzene ring substituents is 1. The fourth-order valence-electron chi connectivity index (χ4n) is 1.53. The van der Waals surface area contributed by atoms with Crippen LogP contribution in [0.3, 0.4) is 0 Å². The van der Waals surface area contributed by atoms with Crippen molar-refractivity contribution in [1.82, 2.24) is 4.90 Å². The number of carbonyl (C=O) groups is 1. The fraction of sp³-hybridized carbons (Fsp3) is 0.417. The average Bonchev–Trinajstić information content (AvgIpc) is 2.43. The second-order valence-corrected chi connectivity index (χ2v) is 4.47. The smallest absolute Gasteiger partial charge is 0.293 e. The van der Waals surface area contributed by atoms with Gasteiger partial charge in [-0.3, -0.25) is 14.9 Å². The molecule has 0 aliphatic carbocycles. The lowest BCUT2D eigenvalue weighted by Crippen LogP contribution is -2.27. The highest BCUT2D eigenvalue weighted by Gasteiger charge is 2.21.